The number of pyridine rings is 2. The number of likely N-dealkylation sites (tertiary alicyclic amines) is 2. The van der Waals surface area contributed by atoms with Gasteiger partial charge in [0.2, 0.25) is 0 Å². The zero-order chi connectivity index (χ0) is 36.4. The van der Waals surface area contributed by atoms with E-state index in [4.69, 9.17) is 9.47 Å². The number of nitrogens with zero attached hydrogens (tertiary/aromatic N) is 6. The lowest BCUT2D eigenvalue weighted by atomic mass is 9.86. The summed E-state index contributed by atoms with van der Waals surface area (Å²) in [6, 6.07) is 7.69. The van der Waals surface area contributed by atoms with E-state index in [1.165, 1.54) is 6.92 Å². The van der Waals surface area contributed by atoms with Gasteiger partial charge in [-0.3, -0.25) is 24.4 Å². The average molecular weight is 681 g/mol. The molecule has 12 nitrogen and oxygen atoms in total. The van der Waals surface area contributed by atoms with Crippen molar-refractivity contribution in [1.82, 2.24) is 19.8 Å². The number of Topliss-reactive ketones (excluding diaryl/α,β-unsaturated/α-hetero) is 3. The van der Waals surface area contributed by atoms with Gasteiger partial charge in [-0.25, -0.2) is 0 Å². The molecule has 6 rings (SSSR count). The number of hydrogen-bond acceptors (Lipinski definition) is 12. The lowest BCUT2D eigenvalue weighted by Crippen LogP contribution is -2.43. The van der Waals surface area contributed by atoms with Gasteiger partial charge >= 0.3 is 0 Å². The Bertz CT molecular complexity index is 1850. The third kappa shape index (κ3) is 7.24. The number of allylic oxidation sites excluding steroid dienone is 2. The number of ketones is 3. The van der Waals surface area contributed by atoms with Gasteiger partial charge in [-0.1, -0.05) is 0 Å². The third-order valence-electron chi connectivity index (χ3n) is 10.5. The highest BCUT2D eigenvalue weighted by atomic mass is 16.5. The van der Waals surface area contributed by atoms with Gasteiger partial charge in [-0.05, 0) is 69.7 Å². The fraction of sp³-hybridized carbons (Fsp3) is 0.500. The van der Waals surface area contributed by atoms with Crippen molar-refractivity contribution in [2.45, 2.75) is 83.5 Å². The Hall–Kier alpha value is -4.75. The van der Waals surface area contributed by atoms with E-state index < -0.39 is 6.10 Å². The van der Waals surface area contributed by atoms with Crippen LogP contribution in [-0.2, 0) is 31.9 Å². The molecule has 0 saturated carbocycles. The van der Waals surface area contributed by atoms with Crippen LogP contribution in [0, 0.1) is 22.7 Å². The highest BCUT2D eigenvalue weighted by molar-refractivity contribution is 6.11. The molecule has 0 bridgehead atoms. The van der Waals surface area contributed by atoms with Crippen LogP contribution in [0.15, 0.2) is 35.7 Å². The van der Waals surface area contributed by atoms with Crippen molar-refractivity contribution in [2.24, 2.45) is 0 Å². The Balaban J connectivity index is 0.000000194. The van der Waals surface area contributed by atoms with Gasteiger partial charge in [0, 0.05) is 83.7 Å². The molecule has 1 N–H and O–H groups in total. The second-order valence-corrected chi connectivity index (χ2v) is 13.9. The van der Waals surface area contributed by atoms with Gasteiger partial charge in [0.05, 0.1) is 34.4 Å². The fourth-order valence-electron chi connectivity index (χ4n) is 6.89. The molecule has 4 heterocycles. The first kappa shape index (κ1) is 36.5. The van der Waals surface area contributed by atoms with Crippen LogP contribution in [0.2, 0.25) is 0 Å². The minimum atomic E-state index is -0.701. The van der Waals surface area contributed by atoms with Gasteiger partial charge in [0.1, 0.15) is 29.0 Å². The predicted octanol–water partition coefficient (Wildman–Crippen LogP) is 4.14. The van der Waals surface area contributed by atoms with E-state index in [2.05, 4.69) is 45.8 Å². The fourth-order valence-corrected chi connectivity index (χ4v) is 6.89. The van der Waals surface area contributed by atoms with E-state index in [1.807, 2.05) is 6.07 Å². The minimum absolute atomic E-state index is 0.136. The first-order valence-corrected chi connectivity index (χ1v) is 16.9. The van der Waals surface area contributed by atoms with Crippen molar-refractivity contribution < 1.29 is 29.0 Å². The van der Waals surface area contributed by atoms with Gasteiger partial charge in [-0.15, -0.1) is 0 Å². The molecule has 0 aromatic carbocycles. The third-order valence-corrected chi connectivity index (χ3v) is 10.5. The predicted molar refractivity (Wildman–Crippen MR) is 184 cm³/mol. The van der Waals surface area contributed by atoms with E-state index in [0.29, 0.717) is 49.0 Å². The summed E-state index contributed by atoms with van der Waals surface area (Å²) in [5, 5.41) is 29.0. The van der Waals surface area contributed by atoms with Crippen molar-refractivity contribution in [2.75, 3.05) is 40.4 Å². The number of piperidine rings is 2. The summed E-state index contributed by atoms with van der Waals surface area (Å²) >= 11 is 0. The number of fused-ring (bicyclic) bond motifs is 2. The number of ether oxygens (including phenoxy) is 2. The maximum Gasteiger partial charge on any atom is 0.179 e. The van der Waals surface area contributed by atoms with Crippen molar-refractivity contribution in [3.63, 3.8) is 0 Å². The first-order valence-electron chi connectivity index (χ1n) is 16.9. The van der Waals surface area contributed by atoms with Crippen molar-refractivity contribution in [3.05, 3.63) is 69.3 Å². The van der Waals surface area contributed by atoms with Crippen LogP contribution >= 0.6 is 0 Å². The molecular weight excluding hydrogens is 636 g/mol. The minimum Gasteiger partial charge on any atom is -0.387 e. The second-order valence-electron chi connectivity index (χ2n) is 13.9. The number of methoxy groups -OCH3 is 2. The summed E-state index contributed by atoms with van der Waals surface area (Å²) in [6.07, 6.45) is 6.11. The summed E-state index contributed by atoms with van der Waals surface area (Å²) in [5.74, 6) is -0.498. The van der Waals surface area contributed by atoms with E-state index in [9.17, 15) is 30.0 Å². The summed E-state index contributed by atoms with van der Waals surface area (Å²) in [7, 11) is 3.43. The summed E-state index contributed by atoms with van der Waals surface area (Å²) in [5.41, 5.74) is 5.41. The SMILES string of the molecule is COC1(C)CCN(C2=C(C#N)C(=O)Cc3cnc(C(C)=O)cc32)CC1.COC1(C)CCN(C2=C(C#N)C(=O)Cc3cnc(C(C)O)cc32)CC1. The molecule has 0 spiro atoms. The number of carbonyl (C=O) groups excluding carboxylic acids is 3. The lowest BCUT2D eigenvalue weighted by molar-refractivity contribution is -0.115. The molecule has 2 aromatic heterocycles. The van der Waals surface area contributed by atoms with Gasteiger partial charge in [0.15, 0.2) is 17.3 Å². The number of aliphatic hydroxyl groups excluding tert-OH is 1. The van der Waals surface area contributed by atoms with Gasteiger partial charge < -0.3 is 24.4 Å². The Kier molecular flexibility index (Phi) is 10.7. The molecule has 2 aliphatic heterocycles. The van der Waals surface area contributed by atoms with Crippen LogP contribution in [0.1, 0.15) is 97.9 Å². The quantitative estimate of drug-likeness (QED) is 0.434. The molecule has 262 valence electrons. The standard InChI is InChI=1S/C19H23N3O3.C19H21N3O3/c2*1-12(23)16-9-14-13(11-21-16)8-17(24)15(10-20)18(14)22-6-4-19(2,25-3)5-7-22/h9,11-12,23H,4-8H2,1-3H3;9,11H,4-8H2,1-3H3. The van der Waals surface area contributed by atoms with Crippen LogP contribution in [0.25, 0.3) is 11.4 Å². The highest BCUT2D eigenvalue weighted by Crippen LogP contribution is 2.38. The van der Waals surface area contributed by atoms with Crippen LogP contribution in [0.5, 0.6) is 0 Å². The monoisotopic (exact) mass is 680 g/mol. The lowest BCUT2D eigenvalue weighted by Gasteiger charge is -2.41. The second kappa shape index (κ2) is 14.6. The molecule has 0 radical (unpaired) electrons. The van der Waals surface area contributed by atoms with Crippen LogP contribution < -0.4 is 0 Å². The Morgan fingerprint density at radius 1 is 0.820 bits per heavy atom. The molecule has 50 heavy (non-hydrogen) atoms. The molecule has 1 unspecified atom stereocenters. The van der Waals surface area contributed by atoms with Gasteiger partial charge in [0.25, 0.3) is 0 Å². The molecule has 0 amide bonds. The highest BCUT2D eigenvalue weighted by Gasteiger charge is 2.37. The van der Waals surface area contributed by atoms with Crippen LogP contribution in [0.3, 0.4) is 0 Å². The Morgan fingerprint density at radius 3 is 1.62 bits per heavy atom. The van der Waals surface area contributed by atoms with Gasteiger partial charge in [-0.2, -0.15) is 10.5 Å². The van der Waals surface area contributed by atoms with Crippen LogP contribution in [0.4, 0.5) is 0 Å². The smallest absolute Gasteiger partial charge is 0.179 e. The molecule has 1 atom stereocenters. The topological polar surface area (TPSA) is 170 Å². The van der Waals surface area contributed by atoms with E-state index in [0.717, 1.165) is 47.9 Å². The van der Waals surface area contributed by atoms with Crippen LogP contribution in [-0.4, -0.2) is 93.8 Å². The van der Waals surface area contributed by atoms with Crippen molar-refractivity contribution in [1.29, 1.82) is 10.5 Å². The summed E-state index contributed by atoms with van der Waals surface area (Å²) in [6.45, 7) is 10.1. The molecule has 2 fully saturated rings. The molecule has 2 saturated heterocycles. The maximum atomic E-state index is 12.4. The summed E-state index contributed by atoms with van der Waals surface area (Å²) < 4.78 is 11.2. The zero-order valence-corrected chi connectivity index (χ0v) is 29.6. The number of carbonyl (C=O) groups is 3. The van der Waals surface area contributed by atoms with E-state index >= 15 is 0 Å². The molecule has 4 aliphatic rings. The molecule has 12 heteroatoms. The average Bonchev–Trinajstić information content (AvgIpc) is 3.11. The van der Waals surface area contributed by atoms with E-state index in [-0.39, 0.29) is 52.5 Å². The molecule has 2 aliphatic carbocycles. The van der Waals surface area contributed by atoms with E-state index in [1.54, 1.807) is 39.6 Å². The van der Waals surface area contributed by atoms with Crippen molar-refractivity contribution >= 4 is 28.7 Å². The number of rotatable bonds is 6. The number of aromatic nitrogens is 2. The molecular formula is C38H44N6O6. The Labute approximate surface area is 293 Å². The first-order chi connectivity index (χ1) is 23.8. The zero-order valence-electron chi connectivity index (χ0n) is 29.6. The molecule has 2 aromatic rings. The Morgan fingerprint density at radius 2 is 1.24 bits per heavy atom. The normalized spacial score (nSPS) is 20.2. The summed E-state index contributed by atoms with van der Waals surface area (Å²) in [4.78, 5) is 49.1. The maximum absolute atomic E-state index is 12.4. The number of aliphatic hydroxyl groups is 1. The largest absolute Gasteiger partial charge is 0.387 e. The number of nitriles is 2. The van der Waals surface area contributed by atoms with Crippen molar-refractivity contribution in [3.8, 4) is 12.1 Å². The number of hydrogen-bond donors (Lipinski definition) is 1.